The van der Waals surface area contributed by atoms with Crippen LogP contribution < -0.4 is 0 Å². The van der Waals surface area contributed by atoms with Gasteiger partial charge in [-0.1, -0.05) is 31.3 Å². The fourth-order valence-electron chi connectivity index (χ4n) is 4.62. The molecule has 0 aliphatic carbocycles. The van der Waals surface area contributed by atoms with E-state index in [0.29, 0.717) is 30.4 Å². The lowest BCUT2D eigenvalue weighted by atomic mass is 9.94. The summed E-state index contributed by atoms with van der Waals surface area (Å²) in [7, 11) is -1.17. The Morgan fingerprint density at radius 1 is 1.16 bits per heavy atom. The molecule has 0 atom stereocenters. The quantitative estimate of drug-likeness (QED) is 0.169. The van der Waals surface area contributed by atoms with Gasteiger partial charge in [0.1, 0.15) is 12.3 Å². The molecule has 206 valence electrons. The van der Waals surface area contributed by atoms with Crippen LogP contribution >= 0.6 is 11.3 Å². The molecule has 1 amide bonds. The third-order valence-corrected chi connectivity index (χ3v) is 9.35. The maximum atomic E-state index is 13.6. The Kier molecular flexibility index (Phi) is 8.49. The van der Waals surface area contributed by atoms with Gasteiger partial charge in [0.25, 0.3) is 0 Å². The summed E-state index contributed by atoms with van der Waals surface area (Å²) in [5, 5.41) is 3.45. The molecule has 1 saturated heterocycles. The zero-order valence-corrected chi connectivity index (χ0v) is 25.6. The van der Waals surface area contributed by atoms with Crippen molar-refractivity contribution >= 4 is 42.2 Å². The molecule has 7 nitrogen and oxygen atoms in total. The maximum absolute atomic E-state index is 13.6. The fraction of sp³-hybridized carbons (Fsp3) is 0.552. The molecular weight excluding hydrogens is 514 g/mol. The van der Waals surface area contributed by atoms with Gasteiger partial charge in [0.2, 0.25) is 5.78 Å². The molecule has 0 unspecified atom stereocenters. The lowest BCUT2D eigenvalue weighted by Crippen LogP contribution is -2.41. The maximum Gasteiger partial charge on any atom is 0.410 e. The highest BCUT2D eigenvalue weighted by Gasteiger charge is 2.29. The lowest BCUT2D eigenvalue weighted by molar-refractivity contribution is 0.0204. The van der Waals surface area contributed by atoms with Crippen LogP contribution in [-0.4, -0.2) is 59.7 Å². The minimum atomic E-state index is -1.17. The molecule has 3 heterocycles. The van der Waals surface area contributed by atoms with Crippen molar-refractivity contribution < 1.29 is 19.1 Å². The SMILES string of the molecule is Cc1ccc2c(c1)c(C(=O)c1nc(C3CCN(C(=O)OC(C)(C)C)CC3)cs1)cn2COCC[Si](C)(C)C. The molecule has 9 heteroatoms. The number of ether oxygens (including phenoxy) is 2. The molecule has 1 aromatic carbocycles. The number of benzene rings is 1. The van der Waals surface area contributed by atoms with E-state index in [0.717, 1.165) is 47.7 Å². The molecular formula is C29H41N3O4SSi. The van der Waals surface area contributed by atoms with Crippen LogP contribution in [0, 0.1) is 6.92 Å². The van der Waals surface area contributed by atoms with Crippen LogP contribution in [0.3, 0.4) is 0 Å². The van der Waals surface area contributed by atoms with Gasteiger partial charge in [-0.05, 0) is 58.7 Å². The van der Waals surface area contributed by atoms with Crippen LogP contribution in [0.4, 0.5) is 4.79 Å². The molecule has 1 aliphatic rings. The van der Waals surface area contributed by atoms with Gasteiger partial charge in [0, 0.05) is 50.7 Å². The van der Waals surface area contributed by atoms with Crippen molar-refractivity contribution in [3.63, 3.8) is 0 Å². The van der Waals surface area contributed by atoms with Gasteiger partial charge >= 0.3 is 6.09 Å². The Bertz CT molecular complexity index is 1290. The first-order valence-corrected chi connectivity index (χ1v) is 18.0. The molecule has 0 bridgehead atoms. The Balaban J connectivity index is 1.46. The summed E-state index contributed by atoms with van der Waals surface area (Å²) in [6.07, 6.45) is 3.27. The molecule has 3 aromatic rings. The van der Waals surface area contributed by atoms with Crippen molar-refractivity contribution in [3.8, 4) is 0 Å². The predicted octanol–water partition coefficient (Wildman–Crippen LogP) is 7.06. The van der Waals surface area contributed by atoms with Crippen molar-refractivity contribution in [1.82, 2.24) is 14.5 Å². The van der Waals surface area contributed by atoms with Crippen LogP contribution in [-0.2, 0) is 16.2 Å². The first-order chi connectivity index (χ1) is 17.8. The molecule has 0 N–H and O–H groups in total. The summed E-state index contributed by atoms with van der Waals surface area (Å²) >= 11 is 1.41. The lowest BCUT2D eigenvalue weighted by Gasteiger charge is -2.32. The first-order valence-electron chi connectivity index (χ1n) is 13.5. The van der Waals surface area contributed by atoms with Gasteiger partial charge in [-0.25, -0.2) is 9.78 Å². The normalized spacial score (nSPS) is 15.3. The van der Waals surface area contributed by atoms with Gasteiger partial charge in [-0.3, -0.25) is 4.79 Å². The molecule has 0 saturated carbocycles. The summed E-state index contributed by atoms with van der Waals surface area (Å²) in [6, 6.07) is 7.31. The Labute approximate surface area is 231 Å². The third-order valence-electron chi connectivity index (χ3n) is 6.79. The van der Waals surface area contributed by atoms with Gasteiger partial charge in [-0.15, -0.1) is 11.3 Å². The number of carbonyl (C=O) groups excluding carboxylic acids is 2. The number of amides is 1. The van der Waals surface area contributed by atoms with Crippen molar-refractivity contribution in [2.24, 2.45) is 0 Å². The second-order valence-electron chi connectivity index (χ2n) is 12.5. The van der Waals surface area contributed by atoms with E-state index in [1.54, 1.807) is 4.90 Å². The molecule has 38 heavy (non-hydrogen) atoms. The second-order valence-corrected chi connectivity index (χ2v) is 19.0. The van der Waals surface area contributed by atoms with Gasteiger partial charge in [-0.2, -0.15) is 0 Å². The highest BCUT2D eigenvalue weighted by Crippen LogP contribution is 2.32. The number of carbonyl (C=O) groups is 2. The van der Waals surface area contributed by atoms with Crippen molar-refractivity contribution in [2.45, 2.75) is 84.5 Å². The van der Waals surface area contributed by atoms with Crippen LogP contribution in [0.25, 0.3) is 10.9 Å². The van der Waals surface area contributed by atoms with E-state index in [2.05, 4.69) is 37.8 Å². The monoisotopic (exact) mass is 555 g/mol. The fourth-order valence-corrected chi connectivity index (χ4v) is 6.23. The second kappa shape index (κ2) is 11.3. The number of hydrogen-bond acceptors (Lipinski definition) is 6. The van der Waals surface area contributed by atoms with Gasteiger partial charge in [0.15, 0.2) is 5.01 Å². The number of likely N-dealkylation sites (tertiary alicyclic amines) is 1. The number of thiazole rings is 1. The summed E-state index contributed by atoms with van der Waals surface area (Å²) in [5.41, 5.74) is 3.22. The van der Waals surface area contributed by atoms with Crippen LogP contribution in [0.15, 0.2) is 29.8 Å². The number of rotatable bonds is 8. The number of piperidine rings is 1. The number of ketones is 1. The minimum Gasteiger partial charge on any atom is -0.444 e. The van der Waals surface area contributed by atoms with Gasteiger partial charge < -0.3 is 18.9 Å². The van der Waals surface area contributed by atoms with Gasteiger partial charge in [0.05, 0.1) is 16.8 Å². The van der Waals surface area contributed by atoms with Crippen LogP contribution in [0.1, 0.15) is 66.2 Å². The molecule has 2 aromatic heterocycles. The van der Waals surface area contributed by atoms with Crippen LogP contribution in [0.2, 0.25) is 25.7 Å². The predicted molar refractivity (Wildman–Crippen MR) is 156 cm³/mol. The molecule has 1 fully saturated rings. The highest BCUT2D eigenvalue weighted by atomic mass is 32.1. The minimum absolute atomic E-state index is 0.0520. The Morgan fingerprint density at radius 3 is 2.53 bits per heavy atom. The number of aryl methyl sites for hydroxylation is 1. The Morgan fingerprint density at radius 2 is 1.87 bits per heavy atom. The topological polar surface area (TPSA) is 73.7 Å². The average molecular weight is 556 g/mol. The smallest absolute Gasteiger partial charge is 0.410 e. The van der Waals surface area contributed by atoms with E-state index in [1.165, 1.54) is 11.3 Å². The zero-order valence-electron chi connectivity index (χ0n) is 23.8. The number of hydrogen-bond donors (Lipinski definition) is 0. The van der Waals surface area contributed by atoms with E-state index in [4.69, 9.17) is 14.5 Å². The number of fused-ring (bicyclic) bond motifs is 1. The summed E-state index contributed by atoms with van der Waals surface area (Å²) in [6.45, 7) is 17.1. The standard InChI is InChI=1S/C29H41N3O4SSi/c1-20-8-9-25-22(16-20)23(17-32(25)19-35-14-15-38(5,6)7)26(33)27-30-24(18-37-27)21-10-12-31(13-11-21)28(34)36-29(2,3)4/h8-9,16-18,21H,10-15,19H2,1-7H3. The van der Waals surface area contributed by atoms with Crippen LogP contribution in [0.5, 0.6) is 0 Å². The molecule has 1 aliphatic heterocycles. The van der Waals surface area contributed by atoms with E-state index in [1.807, 2.05) is 43.8 Å². The number of aromatic nitrogens is 2. The molecule has 4 rings (SSSR count). The Hall–Kier alpha value is -2.49. The van der Waals surface area contributed by atoms with Crippen molar-refractivity contribution in [1.29, 1.82) is 0 Å². The highest BCUT2D eigenvalue weighted by molar-refractivity contribution is 7.12. The van der Waals surface area contributed by atoms with Crippen molar-refractivity contribution in [2.75, 3.05) is 19.7 Å². The molecule has 0 spiro atoms. The summed E-state index contributed by atoms with van der Waals surface area (Å²) in [5.74, 6) is 0.179. The summed E-state index contributed by atoms with van der Waals surface area (Å²) < 4.78 is 13.6. The number of nitrogens with zero attached hydrogens (tertiary/aromatic N) is 3. The van der Waals surface area contributed by atoms with Crippen molar-refractivity contribution in [3.05, 3.63) is 51.6 Å². The average Bonchev–Trinajstić information content (AvgIpc) is 3.45. The van der Waals surface area contributed by atoms with E-state index in [-0.39, 0.29) is 17.8 Å². The van der Waals surface area contributed by atoms with E-state index < -0.39 is 13.7 Å². The third kappa shape index (κ3) is 7.12. The zero-order chi connectivity index (χ0) is 27.7. The van der Waals surface area contributed by atoms with E-state index in [9.17, 15) is 9.59 Å². The summed E-state index contributed by atoms with van der Waals surface area (Å²) in [4.78, 5) is 32.6. The largest absolute Gasteiger partial charge is 0.444 e. The molecule has 0 radical (unpaired) electrons. The van der Waals surface area contributed by atoms with E-state index >= 15 is 0 Å². The first kappa shape index (κ1) is 28.5.